The van der Waals surface area contributed by atoms with Gasteiger partial charge in [0.2, 0.25) is 0 Å². The second-order valence-corrected chi connectivity index (χ2v) is 5.67. The van der Waals surface area contributed by atoms with Crippen molar-refractivity contribution in [2.75, 3.05) is 31.1 Å². The van der Waals surface area contributed by atoms with Gasteiger partial charge < -0.3 is 10.0 Å². The predicted octanol–water partition coefficient (Wildman–Crippen LogP) is 2.73. The molecule has 3 rings (SSSR count). The number of hydrogen-bond donors (Lipinski definition) is 1. The molecule has 0 aromatic heterocycles. The zero-order valence-electron chi connectivity index (χ0n) is 12.7. The first-order valence-corrected chi connectivity index (χ1v) is 7.61. The van der Waals surface area contributed by atoms with Gasteiger partial charge in [0, 0.05) is 38.3 Å². The number of rotatable bonds is 3. The Bertz CT molecular complexity index is 733. The van der Waals surface area contributed by atoms with Crippen LogP contribution in [-0.4, -0.2) is 36.2 Å². The Morgan fingerprint density at radius 1 is 1.09 bits per heavy atom. The molecule has 1 fully saturated rings. The molecular formula is C18H18FN3O. The average molecular weight is 311 g/mol. The van der Waals surface area contributed by atoms with Crippen molar-refractivity contribution in [1.29, 1.82) is 5.26 Å². The maximum Gasteiger partial charge on any atom is 0.138 e. The molecule has 1 aliphatic heterocycles. The standard InChI is InChI=1S/C18H18FN3O/c19-16-6-5-14(12-20)11-15(16)13-21-7-9-22(10-8-21)17-3-1-2-4-18(17)23/h1-6,11,23H,7-10,13H2. The van der Waals surface area contributed by atoms with Crippen LogP contribution in [0.15, 0.2) is 42.5 Å². The van der Waals surface area contributed by atoms with Gasteiger partial charge in [0.15, 0.2) is 0 Å². The summed E-state index contributed by atoms with van der Waals surface area (Å²) in [6.07, 6.45) is 0. The number of nitrogens with zero attached hydrogens (tertiary/aromatic N) is 3. The second-order valence-electron chi connectivity index (χ2n) is 5.67. The van der Waals surface area contributed by atoms with E-state index in [1.165, 1.54) is 12.1 Å². The van der Waals surface area contributed by atoms with Gasteiger partial charge in [0.1, 0.15) is 11.6 Å². The summed E-state index contributed by atoms with van der Waals surface area (Å²) in [6, 6.07) is 13.8. The predicted molar refractivity (Wildman–Crippen MR) is 86.7 cm³/mol. The zero-order valence-corrected chi connectivity index (χ0v) is 12.7. The SMILES string of the molecule is N#Cc1ccc(F)c(CN2CCN(c3ccccc3O)CC2)c1. The number of phenolic OH excluding ortho intramolecular Hbond substituents is 1. The molecule has 2 aromatic rings. The fraction of sp³-hybridized carbons (Fsp3) is 0.278. The Kier molecular flexibility index (Phi) is 4.45. The van der Waals surface area contributed by atoms with Gasteiger partial charge in [-0.05, 0) is 30.3 Å². The number of anilines is 1. The summed E-state index contributed by atoms with van der Waals surface area (Å²) in [5, 5.41) is 18.9. The van der Waals surface area contributed by atoms with Gasteiger partial charge >= 0.3 is 0 Å². The molecule has 5 heteroatoms. The Morgan fingerprint density at radius 2 is 1.83 bits per heavy atom. The van der Waals surface area contributed by atoms with E-state index in [-0.39, 0.29) is 11.6 Å². The lowest BCUT2D eigenvalue weighted by Crippen LogP contribution is -2.46. The van der Waals surface area contributed by atoms with Crippen LogP contribution in [0.1, 0.15) is 11.1 Å². The molecule has 0 radical (unpaired) electrons. The minimum absolute atomic E-state index is 0.271. The first-order valence-electron chi connectivity index (χ1n) is 7.61. The van der Waals surface area contributed by atoms with E-state index in [2.05, 4.69) is 9.80 Å². The number of benzene rings is 2. The highest BCUT2D eigenvalue weighted by Crippen LogP contribution is 2.27. The summed E-state index contributed by atoms with van der Waals surface area (Å²) in [5.41, 5.74) is 1.87. The summed E-state index contributed by atoms with van der Waals surface area (Å²) in [4.78, 5) is 4.30. The molecule has 0 aliphatic carbocycles. The molecule has 1 heterocycles. The van der Waals surface area contributed by atoms with Crippen LogP contribution in [-0.2, 0) is 6.54 Å². The number of para-hydroxylation sites is 2. The van der Waals surface area contributed by atoms with Gasteiger partial charge in [-0.25, -0.2) is 4.39 Å². The fourth-order valence-corrected chi connectivity index (χ4v) is 2.88. The number of piperazine rings is 1. The fourth-order valence-electron chi connectivity index (χ4n) is 2.88. The van der Waals surface area contributed by atoms with E-state index in [9.17, 15) is 9.50 Å². The van der Waals surface area contributed by atoms with Gasteiger partial charge in [-0.1, -0.05) is 12.1 Å². The lowest BCUT2D eigenvalue weighted by atomic mass is 10.1. The summed E-state index contributed by atoms with van der Waals surface area (Å²) in [7, 11) is 0. The minimum Gasteiger partial charge on any atom is -0.506 e. The van der Waals surface area contributed by atoms with E-state index in [0.717, 1.165) is 31.9 Å². The monoisotopic (exact) mass is 311 g/mol. The van der Waals surface area contributed by atoms with Crippen molar-refractivity contribution in [3.05, 3.63) is 59.4 Å². The number of hydrogen-bond acceptors (Lipinski definition) is 4. The highest BCUT2D eigenvalue weighted by atomic mass is 19.1. The van der Waals surface area contributed by atoms with E-state index < -0.39 is 0 Å². The minimum atomic E-state index is -0.271. The number of phenols is 1. The van der Waals surface area contributed by atoms with Gasteiger partial charge in [-0.3, -0.25) is 4.90 Å². The van der Waals surface area contributed by atoms with E-state index in [1.54, 1.807) is 18.2 Å². The van der Waals surface area contributed by atoms with Crippen LogP contribution in [0.4, 0.5) is 10.1 Å². The molecule has 0 amide bonds. The molecule has 4 nitrogen and oxygen atoms in total. The van der Waals surface area contributed by atoms with E-state index in [1.807, 2.05) is 18.2 Å². The summed E-state index contributed by atoms with van der Waals surface area (Å²) < 4.78 is 13.9. The highest BCUT2D eigenvalue weighted by molar-refractivity contribution is 5.57. The number of halogens is 1. The van der Waals surface area contributed by atoms with Crippen molar-refractivity contribution in [3.63, 3.8) is 0 Å². The van der Waals surface area contributed by atoms with E-state index in [4.69, 9.17) is 5.26 Å². The van der Waals surface area contributed by atoms with Crippen molar-refractivity contribution < 1.29 is 9.50 Å². The first kappa shape index (κ1) is 15.3. The highest BCUT2D eigenvalue weighted by Gasteiger charge is 2.20. The van der Waals surface area contributed by atoms with Gasteiger partial charge in [-0.2, -0.15) is 5.26 Å². The Labute approximate surface area is 135 Å². The average Bonchev–Trinajstić information content (AvgIpc) is 2.58. The zero-order chi connectivity index (χ0) is 16.2. The normalized spacial score (nSPS) is 15.4. The molecule has 1 N–H and O–H groups in total. The Morgan fingerprint density at radius 3 is 2.52 bits per heavy atom. The van der Waals surface area contributed by atoms with E-state index in [0.29, 0.717) is 17.7 Å². The van der Waals surface area contributed by atoms with Gasteiger partial charge in [-0.15, -0.1) is 0 Å². The quantitative estimate of drug-likeness (QED) is 0.947. The Hall–Kier alpha value is -2.58. The van der Waals surface area contributed by atoms with Crippen LogP contribution in [0, 0.1) is 17.1 Å². The van der Waals surface area contributed by atoms with Gasteiger partial charge in [0.25, 0.3) is 0 Å². The van der Waals surface area contributed by atoms with Crippen LogP contribution in [0.5, 0.6) is 5.75 Å². The molecule has 0 spiro atoms. The van der Waals surface area contributed by atoms with E-state index >= 15 is 0 Å². The molecule has 0 unspecified atom stereocenters. The third kappa shape index (κ3) is 3.43. The second kappa shape index (κ2) is 6.67. The smallest absolute Gasteiger partial charge is 0.138 e. The van der Waals surface area contributed by atoms with Crippen molar-refractivity contribution in [2.24, 2.45) is 0 Å². The molecule has 0 bridgehead atoms. The Balaban J connectivity index is 1.64. The van der Waals surface area contributed by atoms with Crippen molar-refractivity contribution in [2.45, 2.75) is 6.54 Å². The lowest BCUT2D eigenvalue weighted by molar-refractivity contribution is 0.246. The molecule has 2 aromatic carbocycles. The number of nitriles is 1. The van der Waals surface area contributed by atoms with Crippen molar-refractivity contribution in [3.8, 4) is 11.8 Å². The van der Waals surface area contributed by atoms with Crippen molar-refractivity contribution >= 4 is 5.69 Å². The molecule has 23 heavy (non-hydrogen) atoms. The summed E-state index contributed by atoms with van der Waals surface area (Å²) in [5.74, 6) is 0.0147. The lowest BCUT2D eigenvalue weighted by Gasteiger charge is -2.36. The third-order valence-electron chi connectivity index (χ3n) is 4.16. The maximum absolute atomic E-state index is 13.9. The van der Waals surface area contributed by atoms with Crippen LogP contribution >= 0.6 is 0 Å². The molecule has 118 valence electrons. The van der Waals surface area contributed by atoms with Crippen LogP contribution < -0.4 is 4.90 Å². The summed E-state index contributed by atoms with van der Waals surface area (Å²) in [6.45, 7) is 3.61. The largest absolute Gasteiger partial charge is 0.506 e. The maximum atomic E-state index is 13.9. The molecule has 1 aliphatic rings. The van der Waals surface area contributed by atoms with Crippen LogP contribution in [0.2, 0.25) is 0 Å². The number of aromatic hydroxyl groups is 1. The molecule has 0 atom stereocenters. The molecule has 0 saturated carbocycles. The summed E-state index contributed by atoms with van der Waals surface area (Å²) >= 11 is 0. The topological polar surface area (TPSA) is 50.5 Å². The molecular weight excluding hydrogens is 293 g/mol. The van der Waals surface area contributed by atoms with Crippen molar-refractivity contribution in [1.82, 2.24) is 4.90 Å². The molecule has 1 saturated heterocycles. The van der Waals surface area contributed by atoms with Crippen LogP contribution in [0.3, 0.4) is 0 Å². The first-order chi connectivity index (χ1) is 11.2. The van der Waals surface area contributed by atoms with Crippen LogP contribution in [0.25, 0.3) is 0 Å². The third-order valence-corrected chi connectivity index (χ3v) is 4.16. The van der Waals surface area contributed by atoms with Gasteiger partial charge in [0.05, 0.1) is 17.3 Å².